The van der Waals surface area contributed by atoms with Crippen molar-refractivity contribution in [1.82, 2.24) is 20.2 Å². The van der Waals surface area contributed by atoms with Gasteiger partial charge in [0.25, 0.3) is 0 Å². The number of carbonyl (C=O) groups excluding carboxylic acids is 2. The average Bonchev–Trinajstić information content (AvgIpc) is 3.49. The summed E-state index contributed by atoms with van der Waals surface area (Å²) < 4.78 is 0. The Morgan fingerprint density at radius 1 is 0.923 bits per heavy atom. The number of aromatic nitrogens is 2. The van der Waals surface area contributed by atoms with E-state index in [0.29, 0.717) is 5.95 Å². The van der Waals surface area contributed by atoms with Crippen LogP contribution >= 0.6 is 0 Å². The summed E-state index contributed by atoms with van der Waals surface area (Å²) in [6.45, 7) is 9.92. The van der Waals surface area contributed by atoms with Crippen molar-refractivity contribution in [2.45, 2.75) is 39.7 Å². The lowest BCUT2D eigenvalue weighted by atomic mass is 9.94. The van der Waals surface area contributed by atoms with Crippen LogP contribution in [-0.2, 0) is 9.59 Å². The highest BCUT2D eigenvalue weighted by Crippen LogP contribution is 2.25. The van der Waals surface area contributed by atoms with Gasteiger partial charge in [-0.05, 0) is 61.9 Å². The molecule has 2 aromatic carbocycles. The Labute approximate surface area is 230 Å². The molecular formula is C30H37N7O2. The largest absolute Gasteiger partial charge is 0.368 e. The van der Waals surface area contributed by atoms with E-state index in [1.54, 1.807) is 6.20 Å². The number of benzene rings is 2. The van der Waals surface area contributed by atoms with Gasteiger partial charge in [-0.3, -0.25) is 9.59 Å². The lowest BCUT2D eigenvalue weighted by Gasteiger charge is -2.38. The lowest BCUT2D eigenvalue weighted by molar-refractivity contribution is -0.139. The molecule has 0 spiro atoms. The molecule has 2 amide bonds. The predicted octanol–water partition coefficient (Wildman–Crippen LogP) is 4.27. The third-order valence-corrected chi connectivity index (χ3v) is 7.18. The summed E-state index contributed by atoms with van der Waals surface area (Å²) in [5.41, 5.74) is 4.19. The summed E-state index contributed by atoms with van der Waals surface area (Å²) >= 11 is 0. The molecule has 2 aliphatic rings. The second kappa shape index (κ2) is 11.4. The van der Waals surface area contributed by atoms with Crippen molar-refractivity contribution in [2.75, 3.05) is 48.3 Å². The molecule has 9 heteroatoms. The third-order valence-electron chi connectivity index (χ3n) is 7.18. The Morgan fingerprint density at radius 2 is 1.62 bits per heavy atom. The van der Waals surface area contributed by atoms with Gasteiger partial charge in [0.05, 0.1) is 11.7 Å². The second-order valence-electron chi connectivity index (χ2n) is 11.2. The van der Waals surface area contributed by atoms with Crippen LogP contribution in [0.2, 0.25) is 0 Å². The first-order valence-electron chi connectivity index (χ1n) is 13.7. The van der Waals surface area contributed by atoms with Crippen molar-refractivity contribution in [2.24, 2.45) is 5.41 Å². The molecule has 0 unspecified atom stereocenters. The van der Waals surface area contributed by atoms with Crippen molar-refractivity contribution >= 4 is 34.8 Å². The van der Waals surface area contributed by atoms with Crippen LogP contribution in [0, 0.1) is 5.41 Å². The van der Waals surface area contributed by atoms with Gasteiger partial charge in [0.1, 0.15) is 0 Å². The highest BCUT2D eigenvalue weighted by Gasteiger charge is 2.29. The topological polar surface area (TPSA) is 102 Å². The highest BCUT2D eigenvalue weighted by atomic mass is 16.2. The minimum absolute atomic E-state index is 0.0117. The van der Waals surface area contributed by atoms with Crippen LogP contribution in [0.5, 0.6) is 0 Å². The summed E-state index contributed by atoms with van der Waals surface area (Å²) in [6, 6.07) is 17.7. The molecule has 3 aromatic rings. The van der Waals surface area contributed by atoms with Crippen molar-refractivity contribution < 1.29 is 9.59 Å². The van der Waals surface area contributed by atoms with Gasteiger partial charge in [0, 0.05) is 60.4 Å². The SMILES string of the molecule is CC(C)(C)C(=O)N1CCN(c2ccc(Nc3nccc(-c4ccc(NC(=O)[C@@H]5CCCN5)cc4)n3)cc2)CC1. The van der Waals surface area contributed by atoms with Crippen LogP contribution in [0.1, 0.15) is 33.6 Å². The fraction of sp³-hybridized carbons (Fsp3) is 0.400. The molecule has 0 bridgehead atoms. The van der Waals surface area contributed by atoms with E-state index in [4.69, 9.17) is 0 Å². The fourth-order valence-corrected chi connectivity index (χ4v) is 4.97. The van der Waals surface area contributed by atoms with Crippen LogP contribution in [-0.4, -0.2) is 65.4 Å². The minimum atomic E-state index is -0.345. The number of carbonyl (C=O) groups is 2. The molecule has 0 radical (unpaired) electrons. The van der Waals surface area contributed by atoms with Gasteiger partial charge in [0.2, 0.25) is 17.8 Å². The van der Waals surface area contributed by atoms with Crippen molar-refractivity contribution in [3.05, 3.63) is 60.8 Å². The maximum absolute atomic E-state index is 12.6. The zero-order valence-corrected chi connectivity index (χ0v) is 22.9. The molecule has 0 saturated carbocycles. The van der Waals surface area contributed by atoms with E-state index in [2.05, 4.69) is 43.0 Å². The van der Waals surface area contributed by atoms with E-state index in [0.717, 1.165) is 73.9 Å². The number of piperazine rings is 1. The van der Waals surface area contributed by atoms with Crippen molar-refractivity contribution in [1.29, 1.82) is 0 Å². The van der Waals surface area contributed by atoms with E-state index in [-0.39, 0.29) is 23.3 Å². The van der Waals surface area contributed by atoms with E-state index >= 15 is 0 Å². The molecule has 1 atom stereocenters. The molecule has 3 heterocycles. The predicted molar refractivity (Wildman–Crippen MR) is 155 cm³/mol. The van der Waals surface area contributed by atoms with Gasteiger partial charge in [-0.1, -0.05) is 32.9 Å². The van der Waals surface area contributed by atoms with Gasteiger partial charge in [-0.15, -0.1) is 0 Å². The van der Waals surface area contributed by atoms with Crippen LogP contribution in [0.15, 0.2) is 60.8 Å². The molecule has 3 N–H and O–H groups in total. The van der Waals surface area contributed by atoms with Crippen LogP contribution in [0.25, 0.3) is 11.3 Å². The Kier molecular flexibility index (Phi) is 7.79. The molecule has 5 rings (SSSR count). The maximum Gasteiger partial charge on any atom is 0.241 e. The zero-order chi connectivity index (χ0) is 27.4. The monoisotopic (exact) mass is 527 g/mol. The first-order valence-corrected chi connectivity index (χ1v) is 13.7. The molecule has 204 valence electrons. The van der Waals surface area contributed by atoms with Gasteiger partial charge < -0.3 is 25.8 Å². The standard InChI is InChI=1S/C30H37N7O2/c1-30(2,3)28(39)37-19-17-36(18-20-37)24-12-10-23(11-13-24)34-29-32-16-14-25(35-29)21-6-8-22(9-7-21)33-27(38)26-5-4-15-31-26/h6-14,16,26,31H,4-5,15,17-20H2,1-3H3,(H,33,38)(H,32,34,35)/t26-/m0/s1. The molecule has 0 aliphatic carbocycles. The Hall–Kier alpha value is -3.98. The lowest BCUT2D eigenvalue weighted by Crippen LogP contribution is -2.51. The minimum Gasteiger partial charge on any atom is -0.368 e. The molecule has 2 aliphatic heterocycles. The van der Waals surface area contributed by atoms with E-state index in [1.165, 1.54) is 0 Å². The normalized spacial score (nSPS) is 17.7. The molecular weight excluding hydrogens is 490 g/mol. The zero-order valence-electron chi connectivity index (χ0n) is 22.9. The summed E-state index contributed by atoms with van der Waals surface area (Å²) in [5.74, 6) is 0.737. The fourth-order valence-electron chi connectivity index (χ4n) is 4.97. The van der Waals surface area contributed by atoms with Gasteiger partial charge in [-0.25, -0.2) is 9.97 Å². The highest BCUT2D eigenvalue weighted by molar-refractivity contribution is 5.95. The van der Waals surface area contributed by atoms with Crippen molar-refractivity contribution in [3.8, 4) is 11.3 Å². The Balaban J connectivity index is 1.17. The molecule has 39 heavy (non-hydrogen) atoms. The number of amides is 2. The number of anilines is 4. The average molecular weight is 528 g/mol. The first kappa shape index (κ1) is 26.6. The number of hydrogen-bond donors (Lipinski definition) is 3. The quantitative estimate of drug-likeness (QED) is 0.440. The number of nitrogens with zero attached hydrogens (tertiary/aromatic N) is 4. The van der Waals surface area contributed by atoms with E-state index in [1.807, 2.05) is 68.1 Å². The first-order chi connectivity index (χ1) is 18.8. The summed E-state index contributed by atoms with van der Waals surface area (Å²) in [5, 5.41) is 9.49. The molecule has 9 nitrogen and oxygen atoms in total. The smallest absolute Gasteiger partial charge is 0.241 e. The van der Waals surface area contributed by atoms with Crippen molar-refractivity contribution in [3.63, 3.8) is 0 Å². The Bertz CT molecular complexity index is 1290. The molecule has 2 fully saturated rings. The summed E-state index contributed by atoms with van der Waals surface area (Å²) in [6.07, 6.45) is 3.64. The Morgan fingerprint density at radius 3 is 2.26 bits per heavy atom. The summed E-state index contributed by atoms with van der Waals surface area (Å²) in [4.78, 5) is 38.3. The second-order valence-corrected chi connectivity index (χ2v) is 11.2. The van der Waals surface area contributed by atoms with Gasteiger partial charge in [-0.2, -0.15) is 0 Å². The van der Waals surface area contributed by atoms with E-state index in [9.17, 15) is 9.59 Å². The number of rotatable bonds is 6. The maximum atomic E-state index is 12.6. The van der Waals surface area contributed by atoms with Crippen LogP contribution in [0.4, 0.5) is 23.0 Å². The van der Waals surface area contributed by atoms with Gasteiger partial charge >= 0.3 is 0 Å². The molecule has 1 aromatic heterocycles. The molecule has 2 saturated heterocycles. The van der Waals surface area contributed by atoms with Crippen LogP contribution < -0.4 is 20.9 Å². The van der Waals surface area contributed by atoms with Crippen LogP contribution in [0.3, 0.4) is 0 Å². The summed E-state index contributed by atoms with van der Waals surface area (Å²) in [7, 11) is 0. The number of nitrogens with one attached hydrogen (secondary N) is 3. The number of hydrogen-bond acceptors (Lipinski definition) is 7. The van der Waals surface area contributed by atoms with E-state index < -0.39 is 0 Å². The van der Waals surface area contributed by atoms with Gasteiger partial charge in [0.15, 0.2) is 0 Å². The third kappa shape index (κ3) is 6.54.